The number of carbonyl (C=O) groups excluding carboxylic acids is 4. The van der Waals surface area contributed by atoms with Crippen molar-refractivity contribution in [2.24, 2.45) is 5.41 Å². The van der Waals surface area contributed by atoms with Crippen LogP contribution < -0.4 is 15.5 Å². The molecule has 0 saturated carbocycles. The number of hydrogen-bond acceptors (Lipinski definition) is 11. The van der Waals surface area contributed by atoms with Crippen LogP contribution in [0.1, 0.15) is 111 Å². The quantitative estimate of drug-likeness (QED) is 0.123. The Hall–Kier alpha value is -6.60. The van der Waals surface area contributed by atoms with E-state index in [0.29, 0.717) is 49.5 Å². The number of nitrogens with zero attached hydrogens (tertiary/aromatic N) is 9. The zero-order chi connectivity index (χ0) is 49.1. The number of carbonyl (C=O) groups is 4. The van der Waals surface area contributed by atoms with Gasteiger partial charge in [-0.3, -0.25) is 23.9 Å². The highest BCUT2D eigenvalue weighted by molar-refractivity contribution is 7.13. The van der Waals surface area contributed by atoms with Crippen LogP contribution in [-0.2, 0) is 40.3 Å². The highest BCUT2D eigenvalue weighted by Gasteiger charge is 2.45. The summed E-state index contributed by atoms with van der Waals surface area (Å²) in [6.45, 7) is 14.7. The van der Waals surface area contributed by atoms with Crippen LogP contribution >= 0.6 is 11.3 Å². The molecule has 0 bridgehead atoms. The van der Waals surface area contributed by atoms with Crippen LogP contribution in [0.2, 0.25) is 0 Å². The van der Waals surface area contributed by atoms with Crippen LogP contribution in [0.15, 0.2) is 60.4 Å². The van der Waals surface area contributed by atoms with Crippen LogP contribution in [0.25, 0.3) is 27.2 Å². The molecule has 3 aliphatic heterocycles. The number of likely N-dealkylation sites (tertiary alicyclic amines) is 1. The molecule has 0 radical (unpaired) electrons. The zero-order valence-corrected chi connectivity index (χ0v) is 40.6. The normalized spacial score (nSPS) is 17.7. The van der Waals surface area contributed by atoms with E-state index in [9.17, 15) is 24.3 Å². The molecule has 4 amide bonds. The smallest absolute Gasteiger partial charge is 0.272 e. The Balaban J connectivity index is 0.931. The fourth-order valence-corrected chi connectivity index (χ4v) is 10.6. The number of aliphatic hydroxyl groups excluding tert-OH is 1. The minimum absolute atomic E-state index is 0.0278. The monoisotopic (exact) mass is 961 g/mol. The van der Waals surface area contributed by atoms with Crippen LogP contribution in [0.4, 0.5) is 20.3 Å². The van der Waals surface area contributed by atoms with Crippen molar-refractivity contribution in [1.29, 1.82) is 0 Å². The lowest BCUT2D eigenvalue weighted by Gasteiger charge is -2.35. The van der Waals surface area contributed by atoms with Gasteiger partial charge in [-0.25, -0.2) is 23.3 Å². The summed E-state index contributed by atoms with van der Waals surface area (Å²) in [6, 6.07) is 10.5. The number of hydrogen-bond donors (Lipinski definition) is 3. The van der Waals surface area contributed by atoms with Gasteiger partial charge in [-0.2, -0.15) is 10.2 Å². The zero-order valence-electron chi connectivity index (χ0n) is 39.8. The minimum Gasteiger partial charge on any atom is -0.391 e. The Morgan fingerprint density at radius 1 is 0.986 bits per heavy atom. The van der Waals surface area contributed by atoms with Gasteiger partial charge in [0.15, 0.2) is 17.2 Å². The lowest BCUT2D eigenvalue weighted by atomic mass is 9.85. The van der Waals surface area contributed by atoms with Gasteiger partial charge >= 0.3 is 0 Å². The molecule has 9 rings (SSSR count). The van der Waals surface area contributed by atoms with Crippen molar-refractivity contribution >= 4 is 52.1 Å². The maximum absolute atomic E-state index is 15.2. The van der Waals surface area contributed by atoms with Crippen molar-refractivity contribution in [3.8, 4) is 21.6 Å². The lowest BCUT2D eigenvalue weighted by molar-refractivity contribution is -0.142. The molecule has 1 saturated heterocycles. The van der Waals surface area contributed by atoms with E-state index in [1.165, 1.54) is 27.7 Å². The standard InChI is InChI=1S/C50H57F2N11O5S/c1-27(2)63-39-14-16-59(29(4)64)25-37(39)46(58-63)60-15-8-9-32-17-35(36(45(51)52)19-40(32)60)33-22-53-42-20-38(57-62(42)23-33)47(66)56-44(50(5,6)7)49(68)61-24-34(65)18-41(61)48(67)54-21-30-10-12-31(13-11-30)43-28(3)55-26-69-43/h10-13,17,19-20,22-23,26-27,34,41,44-45,65H,8-9,14-16,18,21,24-25H2,1-7H3,(H,54,67)(H,56,66)/t34-,41+,44-/m1/s1. The number of nitrogens with one attached hydrogen (secondary N) is 2. The van der Waals surface area contributed by atoms with Crippen LogP contribution in [0, 0.1) is 12.3 Å². The molecule has 2 aromatic carbocycles. The summed E-state index contributed by atoms with van der Waals surface area (Å²) in [4.78, 5) is 69.5. The average molecular weight is 962 g/mol. The predicted octanol–water partition coefficient (Wildman–Crippen LogP) is 6.95. The van der Waals surface area contributed by atoms with Gasteiger partial charge in [0.1, 0.15) is 12.1 Å². The Morgan fingerprint density at radius 2 is 1.75 bits per heavy atom. The van der Waals surface area contributed by atoms with Gasteiger partial charge in [-0.05, 0) is 73.4 Å². The number of β-amino-alcohol motifs (C(OH)–C–C–N with tert-alkyl or cyclic N) is 1. The van der Waals surface area contributed by atoms with E-state index in [4.69, 9.17) is 5.10 Å². The number of anilines is 2. The molecule has 0 aliphatic carbocycles. The summed E-state index contributed by atoms with van der Waals surface area (Å²) in [5.41, 5.74) is 7.97. The Labute approximate surface area is 402 Å². The fraction of sp³-hybridized carbons (Fsp3) is 0.440. The van der Waals surface area contributed by atoms with E-state index in [0.717, 1.165) is 44.9 Å². The van der Waals surface area contributed by atoms with Crippen molar-refractivity contribution in [2.45, 2.75) is 118 Å². The third kappa shape index (κ3) is 9.33. The van der Waals surface area contributed by atoms with Gasteiger partial charge < -0.3 is 30.4 Å². The second-order valence-corrected chi connectivity index (χ2v) is 20.5. The first kappa shape index (κ1) is 47.5. The van der Waals surface area contributed by atoms with Gasteiger partial charge in [0.05, 0.1) is 28.7 Å². The molecule has 3 atom stereocenters. The number of benzene rings is 2. The maximum atomic E-state index is 15.2. The Morgan fingerprint density at radius 3 is 2.43 bits per heavy atom. The van der Waals surface area contributed by atoms with Gasteiger partial charge in [0, 0.05) is 98.5 Å². The van der Waals surface area contributed by atoms with E-state index in [1.54, 1.807) is 61.7 Å². The number of alkyl halides is 2. The van der Waals surface area contributed by atoms with Crippen LogP contribution in [-0.4, -0.2) is 106 Å². The Bertz CT molecular complexity index is 2960. The van der Waals surface area contributed by atoms with Crippen LogP contribution in [0.3, 0.4) is 0 Å². The van der Waals surface area contributed by atoms with Crippen molar-refractivity contribution in [2.75, 3.05) is 24.5 Å². The van der Waals surface area contributed by atoms with E-state index >= 15 is 8.78 Å². The number of rotatable bonds is 11. The molecule has 69 heavy (non-hydrogen) atoms. The lowest BCUT2D eigenvalue weighted by Crippen LogP contribution is -2.57. The number of halogens is 2. The molecule has 19 heteroatoms. The predicted molar refractivity (Wildman–Crippen MR) is 257 cm³/mol. The molecule has 4 aromatic heterocycles. The highest BCUT2D eigenvalue weighted by Crippen LogP contribution is 2.43. The summed E-state index contributed by atoms with van der Waals surface area (Å²) >= 11 is 1.56. The SMILES string of the molecule is CC(=O)N1CCc2c(c(N3CCCc4cc(-c5cnc6cc(C(=O)N[C@H](C(=O)N7C[C@H](O)C[C@H]7C(=O)NCc7ccc(-c8scnc8C)cc7)C(C)(C)C)nn6c5)c(C(F)F)cc43)nn2C(C)C)C1. The first-order valence-corrected chi connectivity index (χ1v) is 24.2. The third-order valence-corrected chi connectivity index (χ3v) is 14.4. The average Bonchev–Trinajstić information content (AvgIpc) is 4.13. The van der Waals surface area contributed by atoms with Crippen LogP contribution in [0.5, 0.6) is 0 Å². The fourth-order valence-electron chi connectivity index (χ4n) is 9.75. The van der Waals surface area contributed by atoms with Gasteiger partial charge in [-0.1, -0.05) is 45.0 Å². The second-order valence-electron chi connectivity index (χ2n) is 19.6. The molecule has 362 valence electrons. The first-order valence-electron chi connectivity index (χ1n) is 23.4. The number of aromatic nitrogens is 6. The van der Waals surface area contributed by atoms with Gasteiger partial charge in [-0.15, -0.1) is 11.3 Å². The van der Waals surface area contributed by atoms with E-state index in [2.05, 4.69) is 39.5 Å². The molecular weight excluding hydrogens is 905 g/mol. The highest BCUT2D eigenvalue weighted by atomic mass is 32.1. The van der Waals surface area contributed by atoms with E-state index < -0.39 is 47.7 Å². The van der Waals surface area contributed by atoms with Crippen molar-refractivity contribution in [1.82, 2.24) is 49.8 Å². The molecular formula is C50H57F2N11O5S. The maximum Gasteiger partial charge on any atom is 0.272 e. The largest absolute Gasteiger partial charge is 0.391 e. The van der Waals surface area contributed by atoms with E-state index in [1.807, 2.05) is 40.8 Å². The number of amides is 4. The summed E-state index contributed by atoms with van der Waals surface area (Å²) < 4.78 is 33.7. The topological polar surface area (TPSA) is 183 Å². The number of aliphatic hydroxyl groups is 1. The molecule has 1 fully saturated rings. The second kappa shape index (κ2) is 18.7. The van der Waals surface area contributed by atoms with Crippen molar-refractivity contribution < 1.29 is 33.1 Å². The first-order chi connectivity index (χ1) is 32.9. The molecule has 3 aliphatic rings. The van der Waals surface area contributed by atoms with Gasteiger partial charge in [0.25, 0.3) is 12.3 Å². The molecule has 3 N–H and O–H groups in total. The summed E-state index contributed by atoms with van der Waals surface area (Å²) in [7, 11) is 0. The Kier molecular flexibility index (Phi) is 12.9. The van der Waals surface area contributed by atoms with Gasteiger partial charge in [0.2, 0.25) is 17.7 Å². The summed E-state index contributed by atoms with van der Waals surface area (Å²) in [5.74, 6) is -0.978. The molecule has 0 unspecified atom stereocenters. The number of thiazole rings is 1. The number of aryl methyl sites for hydroxylation is 2. The minimum atomic E-state index is -2.84. The molecule has 7 heterocycles. The molecule has 16 nitrogen and oxygen atoms in total. The third-order valence-electron chi connectivity index (χ3n) is 13.4. The van der Waals surface area contributed by atoms with Crippen molar-refractivity contribution in [3.05, 3.63) is 99.7 Å². The summed E-state index contributed by atoms with van der Waals surface area (Å²) in [5, 5.41) is 26.0. The molecule has 0 spiro atoms. The summed E-state index contributed by atoms with van der Waals surface area (Å²) in [6.07, 6.45) is 1.34. The molecule has 6 aromatic rings. The number of fused-ring (bicyclic) bond motifs is 3. The van der Waals surface area contributed by atoms with E-state index in [-0.39, 0.29) is 53.9 Å². The van der Waals surface area contributed by atoms with Crippen molar-refractivity contribution in [3.63, 3.8) is 0 Å².